The van der Waals surface area contributed by atoms with Crippen molar-refractivity contribution in [2.45, 2.75) is 59.3 Å². The molecule has 21 heavy (non-hydrogen) atoms. The molecule has 0 amide bonds. The molecule has 6 nitrogen and oxygen atoms in total. The van der Waals surface area contributed by atoms with Crippen LogP contribution in [0.3, 0.4) is 0 Å². The zero-order chi connectivity index (χ0) is 15.7. The van der Waals surface area contributed by atoms with Gasteiger partial charge in [-0.05, 0) is 19.3 Å². The van der Waals surface area contributed by atoms with Gasteiger partial charge >= 0.3 is 33.6 Å². The van der Waals surface area contributed by atoms with Crippen LogP contribution in [0.15, 0.2) is 0 Å². The average Bonchev–Trinajstić information content (AvgIpc) is 2.41. The smallest absolute Gasteiger partial charge is 0 e. The minimum Gasteiger partial charge on any atom is 0 e. The molecule has 0 saturated heterocycles. The third-order valence-corrected chi connectivity index (χ3v) is 3.74. The third kappa shape index (κ3) is 21.0. The van der Waals surface area contributed by atoms with Crippen molar-refractivity contribution in [3.63, 3.8) is 0 Å². The molecule has 0 unspecified atom stereocenters. The van der Waals surface area contributed by atoms with E-state index in [1.54, 1.807) is 0 Å². The van der Waals surface area contributed by atoms with Gasteiger partial charge in [0.1, 0.15) is 0 Å². The molecule has 9 heteroatoms. The van der Waals surface area contributed by atoms with Crippen LogP contribution in [-0.4, -0.2) is 19.8 Å². The maximum atomic E-state index is 12.2. The molecule has 0 saturated carbocycles. The molecular weight excluding hydrogens is 384 g/mol. The van der Waals surface area contributed by atoms with E-state index >= 15 is 0 Å². The maximum Gasteiger partial charge on any atom is 0 e. The van der Waals surface area contributed by atoms with E-state index in [2.05, 4.69) is 20.8 Å². The van der Waals surface area contributed by atoms with Crippen LogP contribution in [-0.2, 0) is 63.4 Å². The molecule has 0 aliphatic heterocycles. The van der Waals surface area contributed by atoms with Crippen molar-refractivity contribution in [3.05, 3.63) is 0 Å². The van der Waals surface area contributed by atoms with Crippen molar-refractivity contribution < 1.29 is 63.4 Å². The first-order valence-corrected chi connectivity index (χ1v) is 9.86. The molecule has 0 aromatic heterocycles. The van der Waals surface area contributed by atoms with Gasteiger partial charge in [-0.15, -0.1) is 0 Å². The minimum atomic E-state index is -3.31. The Hall–Kier alpha value is 1.05. The summed E-state index contributed by atoms with van der Waals surface area (Å²) in [6.07, 6.45) is 5.63. The van der Waals surface area contributed by atoms with Gasteiger partial charge < -0.3 is 0 Å². The molecule has 0 aromatic carbocycles. The minimum absolute atomic E-state index is 0. The van der Waals surface area contributed by atoms with Gasteiger partial charge in [-0.3, -0.25) is 13.6 Å². The second kappa shape index (κ2) is 21.0. The summed E-state index contributed by atoms with van der Waals surface area (Å²) in [5, 5.41) is 0. The van der Waals surface area contributed by atoms with Gasteiger partial charge in [-0.25, -0.2) is 4.57 Å². The molecule has 0 radical (unpaired) electrons. The molecule has 0 spiro atoms. The van der Waals surface area contributed by atoms with Gasteiger partial charge in [0, 0.05) is 19.5 Å². The number of hydrogen-bond acceptors (Lipinski definition) is 6. The van der Waals surface area contributed by atoms with Gasteiger partial charge in [0.25, 0.3) is 0 Å². The van der Waals surface area contributed by atoms with E-state index in [1.165, 1.54) is 0 Å². The van der Waals surface area contributed by atoms with Crippen LogP contribution >= 0.6 is 7.82 Å². The molecule has 0 aliphatic rings. The fourth-order valence-electron chi connectivity index (χ4n) is 1.07. The Morgan fingerprint density at radius 3 is 1.19 bits per heavy atom. The number of phosphoric acid groups is 1. The topological polar surface area (TPSA) is 78.9 Å². The van der Waals surface area contributed by atoms with Crippen LogP contribution in [0, 0.1) is 0 Å². The molecule has 0 heterocycles. The molecule has 0 atom stereocenters. The number of rotatable bonds is 12. The number of phosphoric ester groups is 1. The standard InChI is InChI=1S/C12H27O4P.2O.Ti.Zn/c1-4-7-10-14-17(13,15-11-8-5-2)16-12-9-6-3;;;;/h4-12H2,1-3H3;;;;. The molecule has 0 fully saturated rings. The van der Waals surface area contributed by atoms with Gasteiger partial charge in [0.15, 0.2) is 0 Å². The molecule has 0 aromatic rings. The predicted octanol–water partition coefficient (Wildman–Crippen LogP) is 4.30. The van der Waals surface area contributed by atoms with Gasteiger partial charge in [-0.2, -0.15) is 0 Å². The summed E-state index contributed by atoms with van der Waals surface area (Å²) >= 11 is -2.00. The van der Waals surface area contributed by atoms with E-state index in [0.717, 1.165) is 38.5 Å². The fraction of sp³-hybridized carbons (Fsp3) is 1.00. The zero-order valence-electron chi connectivity index (χ0n) is 13.5. The summed E-state index contributed by atoms with van der Waals surface area (Å²) in [5.41, 5.74) is 0. The van der Waals surface area contributed by atoms with E-state index < -0.39 is 26.9 Å². The summed E-state index contributed by atoms with van der Waals surface area (Å²) in [6.45, 7) is 7.49. The van der Waals surface area contributed by atoms with Crippen LogP contribution in [0.2, 0.25) is 0 Å². The van der Waals surface area contributed by atoms with Crippen LogP contribution in [0.1, 0.15) is 59.3 Å². The SMILES string of the molecule is CCCCOP(=O)(OCCCC)OCCCC.[O]=[Ti]=[O].[Zn]. The fourth-order valence-corrected chi connectivity index (χ4v) is 2.36. The van der Waals surface area contributed by atoms with Crippen LogP contribution < -0.4 is 0 Å². The molecule has 0 N–H and O–H groups in total. The van der Waals surface area contributed by atoms with Crippen molar-refractivity contribution in [2.75, 3.05) is 19.8 Å². The normalized spacial score (nSPS) is 10.0. The monoisotopic (exact) mass is 410 g/mol. The van der Waals surface area contributed by atoms with E-state index in [-0.39, 0.29) is 19.5 Å². The maximum absolute atomic E-state index is 12.2. The first-order valence-electron chi connectivity index (χ1n) is 7.13. The van der Waals surface area contributed by atoms with Gasteiger partial charge in [0.2, 0.25) is 0 Å². The predicted molar refractivity (Wildman–Crippen MR) is 71.6 cm³/mol. The largest absolute Gasteiger partial charge is 0 e. The van der Waals surface area contributed by atoms with Crippen LogP contribution in [0.25, 0.3) is 0 Å². The van der Waals surface area contributed by atoms with Crippen molar-refractivity contribution in [1.82, 2.24) is 0 Å². The van der Waals surface area contributed by atoms with Crippen molar-refractivity contribution in [1.29, 1.82) is 0 Å². The summed E-state index contributed by atoms with van der Waals surface area (Å²) < 4.78 is 45.0. The summed E-state index contributed by atoms with van der Waals surface area (Å²) in [5.74, 6) is 0. The average molecular weight is 412 g/mol. The first kappa shape index (κ1) is 26.9. The number of hydrogen-bond donors (Lipinski definition) is 0. The van der Waals surface area contributed by atoms with Crippen molar-refractivity contribution >= 4 is 7.82 Å². The van der Waals surface area contributed by atoms with E-state index in [0.29, 0.717) is 19.8 Å². The quantitative estimate of drug-likeness (QED) is 0.271. The Kier molecular flexibility index (Phi) is 27.0. The molecule has 0 aliphatic carbocycles. The van der Waals surface area contributed by atoms with Crippen LogP contribution in [0.4, 0.5) is 0 Å². The summed E-state index contributed by atoms with van der Waals surface area (Å²) in [4.78, 5) is 0. The molecular formula is C12H27O6PTiZn. The second-order valence-corrected chi connectivity index (χ2v) is 6.02. The molecule has 0 rings (SSSR count). The van der Waals surface area contributed by atoms with E-state index in [9.17, 15) is 4.57 Å². The van der Waals surface area contributed by atoms with Crippen LogP contribution in [0.5, 0.6) is 0 Å². The Labute approximate surface area is 150 Å². The van der Waals surface area contributed by atoms with Gasteiger partial charge in [0.05, 0.1) is 19.8 Å². The van der Waals surface area contributed by atoms with E-state index in [4.69, 9.17) is 20.2 Å². The Morgan fingerprint density at radius 1 is 0.762 bits per heavy atom. The third-order valence-electron chi connectivity index (χ3n) is 2.24. The Bertz CT molecular complexity index is 254. The molecule has 0 bridgehead atoms. The Balaban J connectivity index is -0.000000740. The van der Waals surface area contributed by atoms with Gasteiger partial charge in [-0.1, -0.05) is 40.0 Å². The van der Waals surface area contributed by atoms with E-state index in [1.807, 2.05) is 0 Å². The van der Waals surface area contributed by atoms with Crippen molar-refractivity contribution in [3.8, 4) is 0 Å². The first-order chi connectivity index (χ1) is 9.60. The summed E-state index contributed by atoms with van der Waals surface area (Å²) in [7, 11) is -3.31. The zero-order valence-corrected chi connectivity index (χ0v) is 18.9. The van der Waals surface area contributed by atoms with Crippen molar-refractivity contribution in [2.24, 2.45) is 0 Å². The Morgan fingerprint density at radius 2 is 1.00 bits per heavy atom. The summed E-state index contributed by atoms with van der Waals surface area (Å²) in [6, 6.07) is 0. The number of unbranched alkanes of at least 4 members (excludes halogenated alkanes) is 3. The second-order valence-electron chi connectivity index (χ2n) is 4.09. The molecule has 122 valence electrons.